The monoisotopic (exact) mass is 239 g/mol. The summed E-state index contributed by atoms with van der Waals surface area (Å²) < 4.78 is 6.14. The third kappa shape index (κ3) is 1.33. The summed E-state index contributed by atoms with van der Waals surface area (Å²) in [6.45, 7) is 7.66. The van der Waals surface area contributed by atoms with E-state index < -0.39 is 0 Å². The Morgan fingerprint density at radius 1 is 1.33 bits per heavy atom. The number of nitrogen functional groups attached to an aromatic ring is 1. The standard InChI is InChI=1S/C16H17NO/c1-3-5-11-13(17)7-6-12-14-8-10-16(18-14,9-4-2)15(11)12/h3-4,6-8,10,14H,1-2,5,9,17H2. The van der Waals surface area contributed by atoms with Gasteiger partial charge in [-0.05, 0) is 35.3 Å². The van der Waals surface area contributed by atoms with E-state index in [2.05, 4.69) is 31.4 Å². The first kappa shape index (κ1) is 11.3. The molecule has 0 saturated heterocycles. The normalized spacial score (nSPS) is 27.2. The molecule has 2 nitrogen and oxygen atoms in total. The number of anilines is 1. The van der Waals surface area contributed by atoms with Gasteiger partial charge in [-0.15, -0.1) is 13.2 Å². The molecule has 0 aromatic heterocycles. The van der Waals surface area contributed by atoms with E-state index in [4.69, 9.17) is 10.5 Å². The molecule has 1 aromatic carbocycles. The number of rotatable bonds is 4. The average molecular weight is 239 g/mol. The van der Waals surface area contributed by atoms with Gasteiger partial charge < -0.3 is 10.5 Å². The molecule has 0 radical (unpaired) electrons. The highest BCUT2D eigenvalue weighted by Crippen LogP contribution is 2.54. The van der Waals surface area contributed by atoms with Gasteiger partial charge in [0.15, 0.2) is 0 Å². The summed E-state index contributed by atoms with van der Waals surface area (Å²) in [4.78, 5) is 0. The first-order chi connectivity index (χ1) is 8.72. The van der Waals surface area contributed by atoms with Crippen molar-refractivity contribution in [1.29, 1.82) is 0 Å². The number of nitrogens with two attached hydrogens (primary N) is 1. The summed E-state index contributed by atoms with van der Waals surface area (Å²) in [6, 6.07) is 4.05. The molecule has 2 atom stereocenters. The van der Waals surface area contributed by atoms with Crippen molar-refractivity contribution in [3.05, 3.63) is 66.3 Å². The van der Waals surface area contributed by atoms with Crippen LogP contribution in [0.3, 0.4) is 0 Å². The van der Waals surface area contributed by atoms with E-state index in [9.17, 15) is 0 Å². The van der Waals surface area contributed by atoms with E-state index in [1.165, 1.54) is 11.1 Å². The molecule has 3 rings (SSSR count). The Morgan fingerprint density at radius 3 is 2.89 bits per heavy atom. The zero-order valence-corrected chi connectivity index (χ0v) is 10.4. The van der Waals surface area contributed by atoms with Crippen molar-refractivity contribution in [2.75, 3.05) is 5.73 Å². The van der Waals surface area contributed by atoms with E-state index >= 15 is 0 Å². The van der Waals surface area contributed by atoms with Gasteiger partial charge in [0.2, 0.25) is 0 Å². The number of fused-ring (bicyclic) bond motifs is 5. The lowest BCUT2D eigenvalue weighted by molar-refractivity contribution is -0.000656. The van der Waals surface area contributed by atoms with Gasteiger partial charge in [0.1, 0.15) is 11.7 Å². The minimum absolute atomic E-state index is 0.0733. The zero-order valence-electron chi connectivity index (χ0n) is 10.4. The molecule has 92 valence electrons. The lowest BCUT2D eigenvalue weighted by Crippen LogP contribution is -2.22. The van der Waals surface area contributed by atoms with E-state index in [-0.39, 0.29) is 11.7 Å². The number of ether oxygens (including phenoxy) is 1. The molecule has 2 unspecified atom stereocenters. The molecule has 2 heteroatoms. The first-order valence-electron chi connectivity index (χ1n) is 6.22. The highest BCUT2D eigenvalue weighted by Gasteiger charge is 2.47. The van der Waals surface area contributed by atoms with Crippen LogP contribution in [0.25, 0.3) is 0 Å². The number of hydrogen-bond acceptors (Lipinski definition) is 2. The summed E-state index contributed by atoms with van der Waals surface area (Å²) >= 11 is 0. The van der Waals surface area contributed by atoms with Crippen LogP contribution in [-0.2, 0) is 16.8 Å². The SMILES string of the molecule is C=CCc1c(N)ccc2c1C1(CC=C)C=CC2O1. The molecule has 0 amide bonds. The minimum Gasteiger partial charge on any atom is -0.398 e. The van der Waals surface area contributed by atoms with Gasteiger partial charge in [0, 0.05) is 12.1 Å². The molecule has 0 spiro atoms. The van der Waals surface area contributed by atoms with Crippen LogP contribution in [0, 0.1) is 0 Å². The number of allylic oxidation sites excluding steroid dienone is 1. The largest absolute Gasteiger partial charge is 0.398 e. The highest BCUT2D eigenvalue weighted by molar-refractivity contribution is 5.62. The summed E-state index contributed by atoms with van der Waals surface area (Å²) in [5, 5.41) is 0. The van der Waals surface area contributed by atoms with Crippen molar-refractivity contribution in [3.63, 3.8) is 0 Å². The maximum absolute atomic E-state index is 6.14. The number of benzene rings is 1. The second-order valence-electron chi connectivity index (χ2n) is 4.87. The molecular weight excluding hydrogens is 222 g/mol. The van der Waals surface area contributed by atoms with Crippen LogP contribution >= 0.6 is 0 Å². The lowest BCUT2D eigenvalue weighted by Gasteiger charge is -2.26. The third-order valence-electron chi connectivity index (χ3n) is 3.78. The van der Waals surface area contributed by atoms with E-state index in [0.29, 0.717) is 0 Å². The number of hydrogen-bond donors (Lipinski definition) is 1. The molecule has 2 bridgehead atoms. The van der Waals surface area contributed by atoms with Crippen LogP contribution in [0.15, 0.2) is 49.6 Å². The fourth-order valence-electron chi connectivity index (χ4n) is 3.07. The molecule has 2 heterocycles. The summed E-state index contributed by atoms with van der Waals surface area (Å²) in [5.41, 5.74) is 10.2. The van der Waals surface area contributed by atoms with Crippen molar-refractivity contribution in [1.82, 2.24) is 0 Å². The van der Waals surface area contributed by atoms with Gasteiger partial charge in [0.25, 0.3) is 0 Å². The Hall–Kier alpha value is -1.80. The van der Waals surface area contributed by atoms with Crippen LogP contribution in [0.2, 0.25) is 0 Å². The predicted molar refractivity (Wildman–Crippen MR) is 74.2 cm³/mol. The fourth-order valence-corrected chi connectivity index (χ4v) is 3.07. The fraction of sp³-hybridized carbons (Fsp3) is 0.250. The lowest BCUT2D eigenvalue weighted by atomic mass is 9.80. The Kier molecular flexibility index (Phi) is 2.42. The average Bonchev–Trinajstić information content (AvgIpc) is 2.89. The Balaban J connectivity index is 2.23. The molecule has 2 aliphatic heterocycles. The first-order valence-corrected chi connectivity index (χ1v) is 6.22. The Bertz CT molecular complexity index is 558. The van der Waals surface area contributed by atoms with Crippen LogP contribution in [0.4, 0.5) is 5.69 Å². The van der Waals surface area contributed by atoms with Crippen molar-refractivity contribution in [2.45, 2.75) is 24.5 Å². The summed E-state index contributed by atoms with van der Waals surface area (Å²) in [6.07, 6.45) is 9.70. The molecular formula is C16H17NO. The van der Waals surface area contributed by atoms with Crippen molar-refractivity contribution >= 4 is 5.69 Å². The van der Waals surface area contributed by atoms with E-state index in [1.54, 1.807) is 0 Å². The van der Waals surface area contributed by atoms with Gasteiger partial charge >= 0.3 is 0 Å². The van der Waals surface area contributed by atoms with Crippen LogP contribution < -0.4 is 5.73 Å². The van der Waals surface area contributed by atoms with Gasteiger partial charge in [0.05, 0.1) is 0 Å². The van der Waals surface area contributed by atoms with Crippen molar-refractivity contribution in [3.8, 4) is 0 Å². The van der Waals surface area contributed by atoms with E-state index in [1.807, 2.05) is 18.2 Å². The van der Waals surface area contributed by atoms with Crippen LogP contribution in [0.1, 0.15) is 29.2 Å². The Morgan fingerprint density at radius 2 is 2.17 bits per heavy atom. The van der Waals surface area contributed by atoms with Crippen molar-refractivity contribution in [2.24, 2.45) is 0 Å². The maximum Gasteiger partial charge on any atom is 0.117 e. The summed E-state index contributed by atoms with van der Waals surface area (Å²) in [7, 11) is 0. The van der Waals surface area contributed by atoms with Gasteiger partial charge in [-0.3, -0.25) is 0 Å². The molecule has 2 N–H and O–H groups in total. The molecule has 0 fully saturated rings. The topological polar surface area (TPSA) is 35.2 Å². The predicted octanol–water partition coefficient (Wildman–Crippen LogP) is 3.41. The van der Waals surface area contributed by atoms with Crippen LogP contribution in [-0.4, -0.2) is 0 Å². The minimum atomic E-state index is -0.352. The van der Waals surface area contributed by atoms with Gasteiger partial charge in [-0.25, -0.2) is 0 Å². The summed E-state index contributed by atoms with van der Waals surface area (Å²) in [5.74, 6) is 0. The smallest absolute Gasteiger partial charge is 0.117 e. The third-order valence-corrected chi connectivity index (χ3v) is 3.78. The molecule has 2 aliphatic rings. The zero-order chi connectivity index (χ0) is 12.8. The Labute approximate surface area is 107 Å². The maximum atomic E-state index is 6.14. The molecule has 1 aromatic rings. The van der Waals surface area contributed by atoms with Gasteiger partial charge in [-0.1, -0.05) is 24.3 Å². The molecule has 18 heavy (non-hydrogen) atoms. The van der Waals surface area contributed by atoms with E-state index in [0.717, 1.165) is 24.1 Å². The quantitative estimate of drug-likeness (QED) is 0.645. The second kappa shape index (κ2) is 3.85. The molecule has 0 aliphatic carbocycles. The second-order valence-corrected chi connectivity index (χ2v) is 4.87. The molecule has 0 saturated carbocycles. The van der Waals surface area contributed by atoms with Gasteiger partial charge in [-0.2, -0.15) is 0 Å². The highest BCUT2D eigenvalue weighted by atomic mass is 16.5. The van der Waals surface area contributed by atoms with Crippen LogP contribution in [0.5, 0.6) is 0 Å². The van der Waals surface area contributed by atoms with Crippen molar-refractivity contribution < 1.29 is 4.74 Å².